The van der Waals surface area contributed by atoms with Crippen molar-refractivity contribution >= 4 is 15.7 Å². The lowest BCUT2D eigenvalue weighted by Crippen LogP contribution is -2.39. The molecule has 4 aromatic rings. The first-order chi connectivity index (χ1) is 16.8. The Bertz CT molecular complexity index is 1290. The first-order valence-electron chi connectivity index (χ1n) is 11.2. The standard InChI is InChI=1S/C26H29N3O5S/c1-19(26(30)24-18-28-15-5-4-6-25(28)27-24)35(31,32)29(16-20-7-11-22(33-2)12-8-20)17-21-9-13-23(34-3)14-10-21/h4-15,18-19,26,30H,16-17H2,1-3H3/t19-,26+/m1/s1. The number of nitrogens with zero attached hydrogens (tertiary/aromatic N) is 3. The van der Waals surface area contributed by atoms with E-state index in [0.717, 1.165) is 11.1 Å². The Hall–Kier alpha value is -3.40. The van der Waals surface area contributed by atoms with Crippen LogP contribution in [-0.2, 0) is 23.1 Å². The molecule has 1 N–H and O–H groups in total. The van der Waals surface area contributed by atoms with Crippen LogP contribution in [0.4, 0.5) is 0 Å². The fourth-order valence-corrected chi connectivity index (χ4v) is 5.43. The predicted octanol–water partition coefficient (Wildman–Crippen LogP) is 3.81. The number of fused-ring (bicyclic) bond motifs is 1. The van der Waals surface area contributed by atoms with Crippen LogP contribution < -0.4 is 9.47 Å². The number of rotatable bonds is 10. The summed E-state index contributed by atoms with van der Waals surface area (Å²) < 4.78 is 41.2. The highest BCUT2D eigenvalue weighted by Gasteiger charge is 2.36. The van der Waals surface area contributed by atoms with E-state index in [4.69, 9.17) is 9.47 Å². The second-order valence-electron chi connectivity index (χ2n) is 8.29. The maximum Gasteiger partial charge on any atom is 0.220 e. The maximum absolute atomic E-state index is 13.8. The average molecular weight is 496 g/mol. The molecule has 0 saturated carbocycles. The molecule has 2 aromatic heterocycles. The van der Waals surface area contributed by atoms with Crippen molar-refractivity contribution in [2.24, 2.45) is 0 Å². The fraction of sp³-hybridized carbons (Fsp3) is 0.269. The van der Waals surface area contributed by atoms with Crippen LogP contribution in [0.1, 0.15) is 29.8 Å². The molecule has 0 radical (unpaired) electrons. The Morgan fingerprint density at radius 2 is 1.46 bits per heavy atom. The number of methoxy groups -OCH3 is 2. The molecule has 0 aliphatic rings. The summed E-state index contributed by atoms with van der Waals surface area (Å²) in [6, 6.07) is 20.0. The Morgan fingerprint density at radius 1 is 0.914 bits per heavy atom. The number of sulfonamides is 1. The molecule has 0 spiro atoms. The van der Waals surface area contributed by atoms with Gasteiger partial charge < -0.3 is 19.0 Å². The predicted molar refractivity (Wildman–Crippen MR) is 134 cm³/mol. The number of aliphatic hydroxyl groups is 1. The molecule has 0 fully saturated rings. The number of imidazole rings is 1. The lowest BCUT2D eigenvalue weighted by molar-refractivity contribution is 0.168. The van der Waals surface area contributed by atoms with Crippen LogP contribution in [0, 0.1) is 0 Å². The fourth-order valence-electron chi connectivity index (χ4n) is 3.84. The molecule has 8 nitrogen and oxygen atoms in total. The van der Waals surface area contributed by atoms with Gasteiger partial charge in [0.2, 0.25) is 10.0 Å². The van der Waals surface area contributed by atoms with Crippen LogP contribution in [0.15, 0.2) is 79.1 Å². The minimum atomic E-state index is -3.94. The Kier molecular flexibility index (Phi) is 7.39. The summed E-state index contributed by atoms with van der Waals surface area (Å²) in [6.45, 7) is 1.79. The maximum atomic E-state index is 13.8. The Labute approximate surface area is 205 Å². The van der Waals surface area contributed by atoms with E-state index in [0.29, 0.717) is 22.8 Å². The van der Waals surface area contributed by atoms with E-state index in [1.54, 1.807) is 61.3 Å². The van der Waals surface area contributed by atoms with Gasteiger partial charge in [0.05, 0.1) is 19.9 Å². The molecule has 0 saturated heterocycles. The number of hydrogen-bond donors (Lipinski definition) is 1. The van der Waals surface area contributed by atoms with Gasteiger partial charge in [0, 0.05) is 25.5 Å². The van der Waals surface area contributed by atoms with Gasteiger partial charge in [0.15, 0.2) is 0 Å². The molecule has 2 heterocycles. The van der Waals surface area contributed by atoms with Crippen molar-refractivity contribution in [3.05, 3.63) is 95.9 Å². The third-order valence-electron chi connectivity index (χ3n) is 6.00. The zero-order valence-corrected chi connectivity index (χ0v) is 20.7. The van der Waals surface area contributed by atoms with Gasteiger partial charge >= 0.3 is 0 Å². The molecule has 0 aliphatic carbocycles. The molecule has 0 aliphatic heterocycles. The zero-order chi connectivity index (χ0) is 25.0. The highest BCUT2D eigenvalue weighted by Crippen LogP contribution is 2.27. The SMILES string of the molecule is COc1ccc(CN(Cc2ccc(OC)cc2)S(=O)(=O)[C@H](C)[C@H](O)c2cn3ccccc3n2)cc1. The van der Waals surface area contributed by atoms with Crippen LogP contribution in [0.3, 0.4) is 0 Å². The average Bonchev–Trinajstić information content (AvgIpc) is 3.32. The molecule has 0 bridgehead atoms. The minimum Gasteiger partial charge on any atom is -0.497 e. The summed E-state index contributed by atoms with van der Waals surface area (Å²) in [7, 11) is -0.780. The second kappa shape index (κ2) is 10.5. The molecule has 4 rings (SSSR count). The van der Waals surface area contributed by atoms with Crippen LogP contribution in [-0.4, -0.2) is 46.7 Å². The van der Waals surface area contributed by atoms with Crippen LogP contribution >= 0.6 is 0 Å². The highest BCUT2D eigenvalue weighted by molar-refractivity contribution is 7.89. The molecular weight excluding hydrogens is 466 g/mol. The lowest BCUT2D eigenvalue weighted by Gasteiger charge is -2.28. The smallest absolute Gasteiger partial charge is 0.220 e. The summed E-state index contributed by atoms with van der Waals surface area (Å²) in [4.78, 5) is 4.41. The van der Waals surface area contributed by atoms with E-state index in [-0.39, 0.29) is 13.1 Å². The third-order valence-corrected chi connectivity index (χ3v) is 8.17. The van der Waals surface area contributed by atoms with Gasteiger partial charge in [-0.05, 0) is 54.4 Å². The van der Waals surface area contributed by atoms with Crippen molar-refractivity contribution in [3.8, 4) is 11.5 Å². The molecule has 2 aromatic carbocycles. The summed E-state index contributed by atoms with van der Waals surface area (Å²) >= 11 is 0. The van der Waals surface area contributed by atoms with Crippen molar-refractivity contribution in [1.82, 2.24) is 13.7 Å². The van der Waals surface area contributed by atoms with E-state index in [2.05, 4.69) is 4.98 Å². The van der Waals surface area contributed by atoms with Crippen LogP contribution in [0.2, 0.25) is 0 Å². The van der Waals surface area contributed by atoms with E-state index < -0.39 is 21.4 Å². The first-order valence-corrected chi connectivity index (χ1v) is 12.7. The van der Waals surface area contributed by atoms with E-state index >= 15 is 0 Å². The number of benzene rings is 2. The van der Waals surface area contributed by atoms with E-state index in [9.17, 15) is 13.5 Å². The Morgan fingerprint density at radius 3 is 1.94 bits per heavy atom. The van der Waals surface area contributed by atoms with Crippen molar-refractivity contribution in [2.75, 3.05) is 14.2 Å². The summed E-state index contributed by atoms with van der Waals surface area (Å²) in [5.41, 5.74) is 2.55. The van der Waals surface area contributed by atoms with E-state index in [1.807, 2.05) is 36.4 Å². The molecule has 0 amide bonds. The van der Waals surface area contributed by atoms with Gasteiger partial charge in [-0.2, -0.15) is 4.31 Å². The van der Waals surface area contributed by atoms with Gasteiger partial charge in [0.1, 0.15) is 28.5 Å². The highest BCUT2D eigenvalue weighted by atomic mass is 32.2. The van der Waals surface area contributed by atoms with Gasteiger partial charge in [-0.25, -0.2) is 13.4 Å². The third kappa shape index (κ3) is 5.48. The minimum absolute atomic E-state index is 0.139. The monoisotopic (exact) mass is 495 g/mol. The molecule has 0 unspecified atom stereocenters. The van der Waals surface area contributed by atoms with Crippen LogP contribution in [0.5, 0.6) is 11.5 Å². The van der Waals surface area contributed by atoms with E-state index in [1.165, 1.54) is 11.2 Å². The van der Waals surface area contributed by atoms with Gasteiger partial charge in [-0.1, -0.05) is 30.3 Å². The van der Waals surface area contributed by atoms with Gasteiger partial charge in [-0.3, -0.25) is 0 Å². The molecule has 184 valence electrons. The second-order valence-corrected chi connectivity index (χ2v) is 10.6. The topological polar surface area (TPSA) is 93.4 Å². The van der Waals surface area contributed by atoms with Crippen LogP contribution in [0.25, 0.3) is 5.65 Å². The number of pyridine rings is 1. The largest absolute Gasteiger partial charge is 0.497 e. The Balaban J connectivity index is 1.64. The summed E-state index contributed by atoms with van der Waals surface area (Å²) in [5.74, 6) is 1.38. The number of hydrogen-bond acceptors (Lipinski definition) is 6. The van der Waals surface area contributed by atoms with Gasteiger partial charge in [-0.15, -0.1) is 0 Å². The first kappa shape index (κ1) is 24.7. The summed E-state index contributed by atoms with van der Waals surface area (Å²) in [6.07, 6.45) is 2.16. The van der Waals surface area contributed by atoms with Crippen molar-refractivity contribution in [1.29, 1.82) is 0 Å². The lowest BCUT2D eigenvalue weighted by atomic mass is 10.2. The van der Waals surface area contributed by atoms with Crippen molar-refractivity contribution < 1.29 is 23.0 Å². The quantitative estimate of drug-likeness (QED) is 0.360. The molecule has 9 heteroatoms. The number of aromatic nitrogens is 2. The molecule has 35 heavy (non-hydrogen) atoms. The van der Waals surface area contributed by atoms with Crippen molar-refractivity contribution in [2.45, 2.75) is 31.4 Å². The summed E-state index contributed by atoms with van der Waals surface area (Å²) in [5, 5.41) is 9.91. The van der Waals surface area contributed by atoms with Gasteiger partial charge in [0.25, 0.3) is 0 Å². The normalized spacial score (nSPS) is 13.6. The zero-order valence-electron chi connectivity index (χ0n) is 19.9. The molecule has 2 atom stereocenters. The number of ether oxygens (including phenoxy) is 2. The van der Waals surface area contributed by atoms with Crippen molar-refractivity contribution in [3.63, 3.8) is 0 Å². The number of aliphatic hydroxyl groups excluding tert-OH is 1. The molecular formula is C26H29N3O5S.